The van der Waals surface area contributed by atoms with Crippen LogP contribution < -0.4 is 5.73 Å². The van der Waals surface area contributed by atoms with Crippen LogP contribution in [0.1, 0.15) is 43.2 Å². The summed E-state index contributed by atoms with van der Waals surface area (Å²) in [7, 11) is 0. The molecule has 0 spiro atoms. The molecule has 0 unspecified atom stereocenters. The van der Waals surface area contributed by atoms with Crippen LogP contribution in [0.25, 0.3) is 0 Å². The molecule has 1 saturated heterocycles. The zero-order valence-electron chi connectivity index (χ0n) is 16.4. The summed E-state index contributed by atoms with van der Waals surface area (Å²) in [5.41, 5.74) is 7.14. The van der Waals surface area contributed by atoms with Gasteiger partial charge in [0.15, 0.2) is 0 Å². The highest BCUT2D eigenvalue weighted by molar-refractivity contribution is 5.82. The molecule has 1 fully saturated rings. The number of rotatable bonds is 3. The van der Waals surface area contributed by atoms with Crippen molar-refractivity contribution in [2.75, 3.05) is 45.1 Å². The van der Waals surface area contributed by atoms with Gasteiger partial charge in [0.25, 0.3) is 0 Å². The second-order valence-corrected chi connectivity index (χ2v) is 7.97. The summed E-state index contributed by atoms with van der Waals surface area (Å²) >= 11 is 0. The standard InChI is InChI=1S/C18H29N5O4/c1-18(2,3)27-17(25)22-7-4-13-14(12-22)20-23(16(13)19)15(24)5-6-21-8-10-26-11-9-21/h4-12,19H2,1-3H3. The van der Waals surface area contributed by atoms with Crippen molar-refractivity contribution in [1.82, 2.24) is 19.6 Å². The maximum absolute atomic E-state index is 12.6. The second-order valence-electron chi connectivity index (χ2n) is 7.97. The van der Waals surface area contributed by atoms with Crippen molar-refractivity contribution in [1.29, 1.82) is 0 Å². The zero-order chi connectivity index (χ0) is 19.6. The van der Waals surface area contributed by atoms with Crippen molar-refractivity contribution in [3.8, 4) is 0 Å². The lowest BCUT2D eigenvalue weighted by Gasteiger charge is -2.29. The summed E-state index contributed by atoms with van der Waals surface area (Å²) < 4.78 is 12.0. The molecule has 0 aromatic carbocycles. The Balaban J connectivity index is 1.63. The van der Waals surface area contributed by atoms with Crippen LogP contribution in [0.3, 0.4) is 0 Å². The van der Waals surface area contributed by atoms with Crippen molar-refractivity contribution >= 4 is 17.8 Å². The third-order valence-electron chi connectivity index (χ3n) is 4.71. The van der Waals surface area contributed by atoms with Gasteiger partial charge in [-0.15, -0.1) is 0 Å². The number of morpholine rings is 1. The van der Waals surface area contributed by atoms with Crippen molar-refractivity contribution in [2.24, 2.45) is 0 Å². The zero-order valence-corrected chi connectivity index (χ0v) is 16.4. The van der Waals surface area contributed by atoms with E-state index in [2.05, 4.69) is 10.00 Å². The molecule has 0 radical (unpaired) electrons. The lowest BCUT2D eigenvalue weighted by molar-refractivity contribution is 0.0221. The van der Waals surface area contributed by atoms with Gasteiger partial charge in [0.2, 0.25) is 5.91 Å². The van der Waals surface area contributed by atoms with E-state index in [9.17, 15) is 9.59 Å². The molecule has 150 valence electrons. The molecule has 1 aromatic heterocycles. The molecule has 0 aliphatic carbocycles. The van der Waals surface area contributed by atoms with Crippen molar-refractivity contribution < 1.29 is 19.1 Å². The van der Waals surface area contributed by atoms with Crippen LogP contribution in [0.4, 0.5) is 10.6 Å². The smallest absolute Gasteiger partial charge is 0.410 e. The predicted molar refractivity (Wildman–Crippen MR) is 99.5 cm³/mol. The molecule has 1 aromatic rings. The van der Waals surface area contributed by atoms with E-state index in [0.29, 0.717) is 57.2 Å². The third kappa shape index (κ3) is 4.78. The molecule has 0 bridgehead atoms. The Kier molecular flexibility index (Phi) is 5.71. The fraction of sp³-hybridized carbons (Fsp3) is 0.722. The molecule has 2 aliphatic rings. The van der Waals surface area contributed by atoms with Gasteiger partial charge < -0.3 is 20.1 Å². The fourth-order valence-electron chi connectivity index (χ4n) is 3.27. The quantitative estimate of drug-likeness (QED) is 0.839. The number of nitrogens with two attached hydrogens (primary N) is 1. The van der Waals surface area contributed by atoms with Gasteiger partial charge in [0.05, 0.1) is 25.5 Å². The monoisotopic (exact) mass is 379 g/mol. The molecule has 2 N–H and O–H groups in total. The van der Waals surface area contributed by atoms with E-state index in [4.69, 9.17) is 15.2 Å². The lowest BCUT2D eigenvalue weighted by Crippen LogP contribution is -2.39. The number of nitrogens with zero attached hydrogens (tertiary/aromatic N) is 4. The van der Waals surface area contributed by atoms with Gasteiger partial charge >= 0.3 is 6.09 Å². The minimum Gasteiger partial charge on any atom is -0.444 e. The molecular formula is C18H29N5O4. The van der Waals surface area contributed by atoms with Gasteiger partial charge in [-0.3, -0.25) is 9.69 Å². The fourth-order valence-corrected chi connectivity index (χ4v) is 3.27. The number of fused-ring (bicyclic) bond motifs is 1. The van der Waals surface area contributed by atoms with E-state index >= 15 is 0 Å². The third-order valence-corrected chi connectivity index (χ3v) is 4.71. The Hall–Kier alpha value is -2.13. The summed E-state index contributed by atoms with van der Waals surface area (Å²) in [6.07, 6.45) is 0.539. The first-order valence-electron chi connectivity index (χ1n) is 9.42. The predicted octanol–water partition coefficient (Wildman–Crippen LogP) is 1.12. The topological polar surface area (TPSA) is 103 Å². The van der Waals surface area contributed by atoms with Crippen LogP contribution >= 0.6 is 0 Å². The highest BCUT2D eigenvalue weighted by atomic mass is 16.6. The summed E-state index contributed by atoms with van der Waals surface area (Å²) in [4.78, 5) is 28.7. The molecule has 2 aliphatic heterocycles. The minimum absolute atomic E-state index is 0.128. The SMILES string of the molecule is CC(C)(C)OC(=O)N1CCc2c(nn(C(=O)CCN3CCOCC3)c2N)C1. The van der Waals surface area contributed by atoms with E-state index in [1.807, 2.05) is 20.8 Å². The molecule has 9 heteroatoms. The molecule has 9 nitrogen and oxygen atoms in total. The van der Waals surface area contributed by atoms with Crippen molar-refractivity contribution in [2.45, 2.75) is 45.8 Å². The van der Waals surface area contributed by atoms with Gasteiger partial charge in [-0.2, -0.15) is 9.78 Å². The first-order valence-corrected chi connectivity index (χ1v) is 9.42. The molecule has 0 atom stereocenters. The van der Waals surface area contributed by atoms with Gasteiger partial charge in [0, 0.05) is 38.2 Å². The van der Waals surface area contributed by atoms with Crippen LogP contribution in [0.5, 0.6) is 0 Å². The number of hydrogen-bond donors (Lipinski definition) is 1. The molecular weight excluding hydrogens is 350 g/mol. The van der Waals surface area contributed by atoms with Gasteiger partial charge in [-0.05, 0) is 27.2 Å². The summed E-state index contributed by atoms with van der Waals surface area (Å²) in [5, 5.41) is 4.39. The number of anilines is 1. The minimum atomic E-state index is -0.550. The Bertz CT molecular complexity index is 703. The van der Waals surface area contributed by atoms with Crippen LogP contribution in [-0.2, 0) is 22.4 Å². The van der Waals surface area contributed by atoms with Crippen molar-refractivity contribution in [3.63, 3.8) is 0 Å². The Labute approximate surface area is 159 Å². The number of ether oxygens (including phenoxy) is 2. The van der Waals surface area contributed by atoms with E-state index in [1.165, 1.54) is 4.68 Å². The largest absolute Gasteiger partial charge is 0.444 e. The highest BCUT2D eigenvalue weighted by Crippen LogP contribution is 2.25. The van der Waals surface area contributed by atoms with Crippen LogP contribution in [0.2, 0.25) is 0 Å². The average molecular weight is 379 g/mol. The van der Waals surface area contributed by atoms with E-state index < -0.39 is 5.60 Å². The highest BCUT2D eigenvalue weighted by Gasteiger charge is 2.30. The number of amides is 1. The second kappa shape index (κ2) is 7.85. The Morgan fingerprint density at radius 1 is 1.22 bits per heavy atom. The lowest BCUT2D eigenvalue weighted by atomic mass is 10.1. The molecule has 1 amide bonds. The van der Waals surface area contributed by atoms with Gasteiger partial charge in [-0.1, -0.05) is 0 Å². The maximum atomic E-state index is 12.6. The Morgan fingerprint density at radius 2 is 1.93 bits per heavy atom. The molecule has 3 rings (SSSR count). The number of nitrogen functional groups attached to an aromatic ring is 1. The van der Waals surface area contributed by atoms with Crippen LogP contribution in [0, 0.1) is 0 Å². The number of hydrogen-bond acceptors (Lipinski definition) is 7. The van der Waals surface area contributed by atoms with E-state index in [1.54, 1.807) is 4.90 Å². The van der Waals surface area contributed by atoms with Crippen LogP contribution in [-0.4, -0.2) is 76.6 Å². The van der Waals surface area contributed by atoms with E-state index in [-0.39, 0.29) is 12.0 Å². The number of carbonyl (C=O) groups excluding carboxylic acids is 2. The van der Waals surface area contributed by atoms with Gasteiger partial charge in [0.1, 0.15) is 11.4 Å². The Morgan fingerprint density at radius 3 is 2.59 bits per heavy atom. The first kappa shape index (κ1) is 19.6. The number of carbonyl (C=O) groups is 2. The summed E-state index contributed by atoms with van der Waals surface area (Å²) in [6, 6.07) is 0. The van der Waals surface area contributed by atoms with E-state index in [0.717, 1.165) is 18.7 Å². The normalized spacial score (nSPS) is 18.3. The summed E-state index contributed by atoms with van der Waals surface area (Å²) in [6.45, 7) is 10.0. The van der Waals surface area contributed by atoms with Crippen molar-refractivity contribution in [3.05, 3.63) is 11.3 Å². The number of aromatic nitrogens is 2. The van der Waals surface area contributed by atoms with Crippen LogP contribution in [0.15, 0.2) is 0 Å². The molecule has 3 heterocycles. The maximum Gasteiger partial charge on any atom is 0.410 e. The summed E-state index contributed by atoms with van der Waals surface area (Å²) in [5.74, 6) is 0.262. The van der Waals surface area contributed by atoms with Gasteiger partial charge in [-0.25, -0.2) is 4.79 Å². The first-order chi connectivity index (χ1) is 12.7. The molecule has 0 saturated carbocycles. The average Bonchev–Trinajstić information content (AvgIpc) is 2.95. The molecule has 27 heavy (non-hydrogen) atoms.